The van der Waals surface area contributed by atoms with Crippen molar-refractivity contribution in [3.63, 3.8) is 0 Å². The lowest BCUT2D eigenvalue weighted by Crippen LogP contribution is -2.37. The molecule has 0 atom stereocenters. The summed E-state index contributed by atoms with van der Waals surface area (Å²) in [5.74, 6) is 0.438. The maximum Gasteiger partial charge on any atom is 0.320 e. The summed E-state index contributed by atoms with van der Waals surface area (Å²) in [4.78, 5) is 13.8. The summed E-state index contributed by atoms with van der Waals surface area (Å²) in [6.45, 7) is 4.60. The molecule has 0 amide bonds. The largest absolute Gasteiger partial charge is 0.472 e. The molecule has 3 rings (SSSR count). The molecule has 0 radical (unpaired) electrons. The number of hydrogen-bond acceptors (Lipinski definition) is 4. The lowest BCUT2D eigenvalue weighted by molar-refractivity contribution is -0.144. The van der Waals surface area contributed by atoms with Crippen LogP contribution in [0.3, 0.4) is 0 Å². The number of rotatable bonds is 5. The highest BCUT2D eigenvalue weighted by Gasteiger charge is 2.22. The van der Waals surface area contributed by atoms with Crippen LogP contribution in [0.5, 0.6) is 0 Å². The number of carbonyl (C=O) groups excluding carboxylic acids is 1. The standard InChI is InChI=1S/C19H23NO3/c1-2-23-19(21)13-20-9-6-15(7-10-20)16-4-3-5-17(12-16)18-8-11-22-14-18/h3-5,8,11-12,14-15H,2,6-7,9-10,13H2,1H3. The fourth-order valence-corrected chi connectivity index (χ4v) is 3.21. The summed E-state index contributed by atoms with van der Waals surface area (Å²) < 4.78 is 10.2. The van der Waals surface area contributed by atoms with Crippen LogP contribution < -0.4 is 0 Å². The highest BCUT2D eigenvalue weighted by atomic mass is 16.5. The normalized spacial score (nSPS) is 16.4. The molecule has 0 aliphatic carbocycles. The van der Waals surface area contributed by atoms with Crippen molar-refractivity contribution in [2.75, 3.05) is 26.2 Å². The van der Waals surface area contributed by atoms with Gasteiger partial charge in [0, 0.05) is 5.56 Å². The Labute approximate surface area is 137 Å². The summed E-state index contributed by atoms with van der Waals surface area (Å²) in [6, 6.07) is 10.7. The molecule has 1 aliphatic heterocycles. The number of benzene rings is 1. The van der Waals surface area contributed by atoms with Gasteiger partial charge >= 0.3 is 5.97 Å². The van der Waals surface area contributed by atoms with Gasteiger partial charge in [-0.05, 0) is 56.0 Å². The van der Waals surface area contributed by atoms with E-state index in [2.05, 4.69) is 29.2 Å². The predicted molar refractivity (Wildman–Crippen MR) is 89.2 cm³/mol. The van der Waals surface area contributed by atoms with Crippen LogP contribution >= 0.6 is 0 Å². The number of esters is 1. The monoisotopic (exact) mass is 313 g/mol. The van der Waals surface area contributed by atoms with Gasteiger partial charge < -0.3 is 9.15 Å². The minimum atomic E-state index is -0.118. The average Bonchev–Trinajstić information content (AvgIpc) is 3.10. The molecule has 1 aromatic carbocycles. The van der Waals surface area contributed by atoms with Gasteiger partial charge in [-0.2, -0.15) is 0 Å². The Bertz CT molecular complexity index is 628. The summed E-state index contributed by atoms with van der Waals surface area (Å²) in [7, 11) is 0. The molecule has 23 heavy (non-hydrogen) atoms. The molecule has 0 unspecified atom stereocenters. The van der Waals surface area contributed by atoms with Crippen LogP contribution in [0.4, 0.5) is 0 Å². The van der Waals surface area contributed by atoms with E-state index in [1.54, 1.807) is 12.5 Å². The number of piperidine rings is 1. The molecule has 4 nitrogen and oxygen atoms in total. The van der Waals surface area contributed by atoms with Crippen LogP contribution in [-0.2, 0) is 9.53 Å². The Hall–Kier alpha value is -2.07. The van der Waals surface area contributed by atoms with Crippen molar-refractivity contribution in [3.8, 4) is 11.1 Å². The molecule has 0 saturated carbocycles. The van der Waals surface area contributed by atoms with E-state index < -0.39 is 0 Å². The zero-order valence-corrected chi connectivity index (χ0v) is 13.5. The molecule has 0 spiro atoms. The summed E-state index contributed by atoms with van der Waals surface area (Å²) in [5, 5.41) is 0. The molecule has 2 heterocycles. The van der Waals surface area contributed by atoms with Crippen LogP contribution in [0, 0.1) is 0 Å². The van der Waals surface area contributed by atoms with E-state index in [-0.39, 0.29) is 5.97 Å². The molecule has 1 aliphatic rings. The second-order valence-electron chi connectivity index (χ2n) is 5.99. The van der Waals surface area contributed by atoms with Gasteiger partial charge in [-0.25, -0.2) is 0 Å². The molecule has 1 aromatic heterocycles. The Morgan fingerprint density at radius 2 is 2.09 bits per heavy atom. The van der Waals surface area contributed by atoms with Gasteiger partial charge in [0.15, 0.2) is 0 Å². The third kappa shape index (κ3) is 4.02. The van der Waals surface area contributed by atoms with E-state index in [1.807, 2.05) is 13.0 Å². The Kier molecular flexibility index (Phi) is 5.13. The minimum Gasteiger partial charge on any atom is -0.472 e. The van der Waals surface area contributed by atoms with Crippen LogP contribution in [0.2, 0.25) is 0 Å². The van der Waals surface area contributed by atoms with Crippen molar-refractivity contribution in [1.29, 1.82) is 0 Å². The van der Waals surface area contributed by atoms with E-state index in [0.717, 1.165) is 31.5 Å². The molecule has 1 fully saturated rings. The van der Waals surface area contributed by atoms with Crippen LogP contribution in [0.1, 0.15) is 31.2 Å². The van der Waals surface area contributed by atoms with Crippen LogP contribution in [0.15, 0.2) is 47.3 Å². The van der Waals surface area contributed by atoms with Crippen LogP contribution in [0.25, 0.3) is 11.1 Å². The fraction of sp³-hybridized carbons (Fsp3) is 0.421. The van der Waals surface area contributed by atoms with Gasteiger partial charge in [0.2, 0.25) is 0 Å². The molecule has 0 bridgehead atoms. The maximum absolute atomic E-state index is 11.6. The van der Waals surface area contributed by atoms with Gasteiger partial charge in [-0.15, -0.1) is 0 Å². The third-order valence-corrected chi connectivity index (χ3v) is 4.46. The van der Waals surface area contributed by atoms with Crippen LogP contribution in [-0.4, -0.2) is 37.1 Å². The Morgan fingerprint density at radius 3 is 2.78 bits per heavy atom. The van der Waals surface area contributed by atoms with E-state index in [4.69, 9.17) is 9.15 Å². The van der Waals surface area contributed by atoms with E-state index in [1.165, 1.54) is 11.1 Å². The maximum atomic E-state index is 11.6. The first-order valence-corrected chi connectivity index (χ1v) is 8.26. The first kappa shape index (κ1) is 15.8. The van der Waals surface area contributed by atoms with Gasteiger partial charge in [0.1, 0.15) is 0 Å². The van der Waals surface area contributed by atoms with Crippen molar-refractivity contribution in [1.82, 2.24) is 4.90 Å². The number of carbonyl (C=O) groups is 1. The van der Waals surface area contributed by atoms with Crippen molar-refractivity contribution in [2.45, 2.75) is 25.7 Å². The number of nitrogens with zero attached hydrogens (tertiary/aromatic N) is 1. The quantitative estimate of drug-likeness (QED) is 0.790. The molecule has 1 saturated heterocycles. The molecular formula is C19H23NO3. The van der Waals surface area contributed by atoms with E-state index in [0.29, 0.717) is 19.1 Å². The summed E-state index contributed by atoms with van der Waals surface area (Å²) in [5.41, 5.74) is 3.69. The Balaban J connectivity index is 1.60. The summed E-state index contributed by atoms with van der Waals surface area (Å²) >= 11 is 0. The molecule has 4 heteroatoms. The SMILES string of the molecule is CCOC(=O)CN1CCC(c2cccc(-c3ccoc3)c2)CC1. The topological polar surface area (TPSA) is 42.7 Å². The first-order valence-electron chi connectivity index (χ1n) is 8.26. The van der Waals surface area contributed by atoms with Crippen molar-refractivity contribution in [2.24, 2.45) is 0 Å². The highest BCUT2D eigenvalue weighted by Crippen LogP contribution is 2.31. The Morgan fingerprint density at radius 1 is 1.26 bits per heavy atom. The van der Waals surface area contributed by atoms with Crippen molar-refractivity contribution in [3.05, 3.63) is 48.4 Å². The zero-order chi connectivity index (χ0) is 16.1. The average molecular weight is 313 g/mol. The lowest BCUT2D eigenvalue weighted by atomic mass is 9.88. The van der Waals surface area contributed by atoms with Crippen molar-refractivity contribution >= 4 is 5.97 Å². The smallest absolute Gasteiger partial charge is 0.320 e. The summed E-state index contributed by atoms with van der Waals surface area (Å²) in [6.07, 6.45) is 5.64. The highest BCUT2D eigenvalue weighted by molar-refractivity contribution is 5.71. The number of likely N-dealkylation sites (tertiary alicyclic amines) is 1. The van der Waals surface area contributed by atoms with E-state index in [9.17, 15) is 4.79 Å². The predicted octanol–water partition coefficient (Wildman–Crippen LogP) is 3.69. The van der Waals surface area contributed by atoms with Gasteiger partial charge in [-0.3, -0.25) is 9.69 Å². The number of ether oxygens (including phenoxy) is 1. The van der Waals surface area contributed by atoms with Gasteiger partial charge in [-0.1, -0.05) is 24.3 Å². The first-order chi connectivity index (χ1) is 11.3. The molecule has 0 N–H and O–H groups in total. The van der Waals surface area contributed by atoms with Gasteiger partial charge in [0.25, 0.3) is 0 Å². The van der Waals surface area contributed by atoms with Gasteiger partial charge in [0.05, 0.1) is 25.7 Å². The molecule has 2 aromatic rings. The second-order valence-corrected chi connectivity index (χ2v) is 5.99. The number of furan rings is 1. The third-order valence-electron chi connectivity index (χ3n) is 4.46. The fourth-order valence-electron chi connectivity index (χ4n) is 3.21. The van der Waals surface area contributed by atoms with Crippen molar-refractivity contribution < 1.29 is 13.9 Å². The lowest BCUT2D eigenvalue weighted by Gasteiger charge is -2.31. The number of hydrogen-bond donors (Lipinski definition) is 0. The van der Waals surface area contributed by atoms with E-state index >= 15 is 0 Å². The minimum absolute atomic E-state index is 0.118. The molecule has 122 valence electrons. The molecular weight excluding hydrogens is 290 g/mol. The second kappa shape index (κ2) is 7.47. The zero-order valence-electron chi connectivity index (χ0n) is 13.5.